The number of morpholine rings is 1. The summed E-state index contributed by atoms with van der Waals surface area (Å²) in [5.41, 5.74) is 3.98. The predicted molar refractivity (Wildman–Crippen MR) is 121 cm³/mol. The van der Waals surface area contributed by atoms with Crippen molar-refractivity contribution in [1.82, 2.24) is 10.3 Å². The van der Waals surface area contributed by atoms with Gasteiger partial charge < -0.3 is 24.1 Å². The average molecular weight is 475 g/mol. The van der Waals surface area contributed by atoms with Crippen LogP contribution < -0.4 is 20.0 Å². The van der Waals surface area contributed by atoms with Crippen LogP contribution in [0.1, 0.15) is 28.4 Å². The molecule has 0 unspecified atom stereocenters. The summed E-state index contributed by atoms with van der Waals surface area (Å²) in [6, 6.07) is 9.54. The first-order valence-electron chi connectivity index (χ1n) is 10.5. The number of hydrogen-bond acceptors (Lipinski definition) is 8. The van der Waals surface area contributed by atoms with Crippen LogP contribution in [0.25, 0.3) is 0 Å². The van der Waals surface area contributed by atoms with Gasteiger partial charge in [0.25, 0.3) is 5.91 Å². The number of carbonyl (C=O) groups is 2. The molecule has 1 saturated heterocycles. The number of carbonyl (C=O) groups excluding carboxylic acids is 2. The molecule has 1 amide bonds. The molecular weight excluding hydrogens is 450 g/mol. The zero-order valence-corrected chi connectivity index (χ0v) is 19.0. The average Bonchev–Trinajstić information content (AvgIpc) is 2.79. The van der Waals surface area contributed by atoms with Crippen molar-refractivity contribution in [1.29, 1.82) is 0 Å². The van der Waals surface area contributed by atoms with Crippen LogP contribution >= 0.6 is 11.6 Å². The molecule has 1 heterocycles. The van der Waals surface area contributed by atoms with E-state index in [9.17, 15) is 14.7 Å². The third-order valence-corrected chi connectivity index (χ3v) is 5.06. The van der Waals surface area contributed by atoms with E-state index in [-0.39, 0.29) is 24.6 Å². The van der Waals surface area contributed by atoms with Gasteiger partial charge in [0.2, 0.25) is 0 Å². The molecule has 0 radical (unpaired) electrons. The van der Waals surface area contributed by atoms with E-state index in [0.29, 0.717) is 55.0 Å². The molecule has 1 fully saturated rings. The lowest BCUT2D eigenvalue weighted by Gasteiger charge is -2.25. The summed E-state index contributed by atoms with van der Waals surface area (Å²) in [5.74, 6) is -0.666. The third-order valence-electron chi connectivity index (χ3n) is 4.78. The van der Waals surface area contributed by atoms with Crippen LogP contribution in [0, 0.1) is 0 Å². The minimum absolute atomic E-state index is 0.0902. The number of nitrogens with one attached hydrogen (secondary N) is 1. The fourth-order valence-electron chi connectivity index (χ4n) is 3.13. The highest BCUT2D eigenvalue weighted by Gasteiger charge is 2.14. The van der Waals surface area contributed by atoms with Crippen LogP contribution in [0.15, 0.2) is 41.5 Å². The summed E-state index contributed by atoms with van der Waals surface area (Å²) in [5, 5.41) is 15.2. The molecule has 10 heteroatoms. The number of amides is 1. The van der Waals surface area contributed by atoms with E-state index in [2.05, 4.69) is 10.5 Å². The Labute approximate surface area is 196 Å². The monoisotopic (exact) mass is 474 g/mol. The number of ether oxygens (including phenoxy) is 3. The van der Waals surface area contributed by atoms with E-state index in [1.165, 1.54) is 18.3 Å². The fraction of sp³-hybridized carbons (Fsp3) is 0.348. The molecule has 9 nitrogen and oxygen atoms in total. The summed E-state index contributed by atoms with van der Waals surface area (Å²) in [6.45, 7) is 5.32. The van der Waals surface area contributed by atoms with Gasteiger partial charge >= 0.3 is 0 Å². The molecule has 0 saturated carbocycles. The molecular formula is C23H25ClN3O6-. The van der Waals surface area contributed by atoms with Gasteiger partial charge in [-0.05, 0) is 35.7 Å². The Kier molecular flexibility index (Phi) is 9.05. The topological polar surface area (TPSA) is 113 Å². The Bertz CT molecular complexity index is 990. The van der Waals surface area contributed by atoms with Crippen LogP contribution in [-0.4, -0.2) is 62.4 Å². The molecule has 0 aromatic heterocycles. The van der Waals surface area contributed by atoms with Crippen LogP contribution in [0.5, 0.6) is 11.5 Å². The number of nitrogens with zero attached hydrogens (tertiary/aromatic N) is 2. The Morgan fingerprint density at radius 2 is 1.94 bits per heavy atom. The summed E-state index contributed by atoms with van der Waals surface area (Å²) in [7, 11) is 0. The van der Waals surface area contributed by atoms with Gasteiger partial charge in [-0.1, -0.05) is 35.9 Å². The standard InChI is InChI=1S/C23H26ClN3O6/c1-2-32-20-12-17(13-25-26-21(28)14-27-7-9-31-10-8-27)11-19(24)22(20)33-15-16-3-5-18(6-4-16)23(29)30/h3-6,11-13H,2,7-10,14-15H2,1H3,(H,26,28)(H,29,30)/p-1/b25-13-. The second-order valence-corrected chi connectivity index (χ2v) is 7.62. The van der Waals surface area contributed by atoms with E-state index in [4.69, 9.17) is 25.8 Å². The van der Waals surface area contributed by atoms with Gasteiger partial charge in [-0.3, -0.25) is 9.69 Å². The molecule has 0 atom stereocenters. The Morgan fingerprint density at radius 3 is 2.61 bits per heavy atom. The molecule has 1 N–H and O–H groups in total. The Balaban J connectivity index is 1.62. The van der Waals surface area contributed by atoms with Crippen molar-refractivity contribution in [2.24, 2.45) is 5.10 Å². The molecule has 2 aromatic rings. The van der Waals surface area contributed by atoms with Crippen LogP contribution in [-0.2, 0) is 16.1 Å². The van der Waals surface area contributed by atoms with Crippen molar-refractivity contribution >= 4 is 29.7 Å². The predicted octanol–water partition coefficient (Wildman–Crippen LogP) is 1.46. The first kappa shape index (κ1) is 24.5. The van der Waals surface area contributed by atoms with Crippen molar-refractivity contribution in [3.05, 3.63) is 58.1 Å². The third kappa shape index (κ3) is 7.45. The number of hydrazone groups is 1. The Morgan fingerprint density at radius 1 is 1.21 bits per heavy atom. The lowest BCUT2D eigenvalue weighted by atomic mass is 10.1. The number of carboxylic acid groups (broad SMARTS) is 1. The maximum absolute atomic E-state index is 12.1. The molecule has 1 aliphatic heterocycles. The molecule has 1 aliphatic rings. The maximum atomic E-state index is 12.1. The maximum Gasteiger partial charge on any atom is 0.254 e. The van der Waals surface area contributed by atoms with Gasteiger partial charge in [0.05, 0.1) is 43.6 Å². The summed E-state index contributed by atoms with van der Waals surface area (Å²) >= 11 is 6.42. The van der Waals surface area contributed by atoms with E-state index in [1.807, 2.05) is 11.8 Å². The highest BCUT2D eigenvalue weighted by molar-refractivity contribution is 6.32. The molecule has 2 aromatic carbocycles. The highest BCUT2D eigenvalue weighted by Crippen LogP contribution is 2.37. The van der Waals surface area contributed by atoms with Crippen LogP contribution in [0.4, 0.5) is 0 Å². The van der Waals surface area contributed by atoms with Crippen LogP contribution in [0.2, 0.25) is 5.02 Å². The van der Waals surface area contributed by atoms with Crippen molar-refractivity contribution in [2.75, 3.05) is 39.5 Å². The first-order chi connectivity index (χ1) is 16.0. The van der Waals surface area contributed by atoms with Crippen LogP contribution in [0.3, 0.4) is 0 Å². The first-order valence-corrected chi connectivity index (χ1v) is 10.9. The van der Waals surface area contributed by atoms with Gasteiger partial charge in [0.1, 0.15) is 6.61 Å². The van der Waals surface area contributed by atoms with E-state index >= 15 is 0 Å². The number of halogens is 1. The van der Waals surface area contributed by atoms with Gasteiger partial charge in [-0.15, -0.1) is 0 Å². The quantitative estimate of drug-likeness (QED) is 0.409. The summed E-state index contributed by atoms with van der Waals surface area (Å²) in [4.78, 5) is 24.9. The SMILES string of the molecule is CCOc1cc(/C=N\NC(=O)CN2CCOCC2)cc(Cl)c1OCc1ccc(C(=O)[O-])cc1. The Hall–Kier alpha value is -3.14. The normalized spacial score (nSPS) is 14.2. The van der Waals surface area contributed by atoms with Crippen molar-refractivity contribution < 1.29 is 28.9 Å². The largest absolute Gasteiger partial charge is 0.545 e. The summed E-state index contributed by atoms with van der Waals surface area (Å²) < 4.78 is 16.8. The molecule has 3 rings (SSSR count). The smallest absolute Gasteiger partial charge is 0.254 e. The fourth-order valence-corrected chi connectivity index (χ4v) is 3.41. The number of carboxylic acids is 1. The highest BCUT2D eigenvalue weighted by atomic mass is 35.5. The van der Waals surface area contributed by atoms with Gasteiger partial charge in [-0.25, -0.2) is 5.43 Å². The van der Waals surface area contributed by atoms with Crippen molar-refractivity contribution in [2.45, 2.75) is 13.5 Å². The van der Waals surface area contributed by atoms with Crippen molar-refractivity contribution in [3.63, 3.8) is 0 Å². The van der Waals surface area contributed by atoms with E-state index < -0.39 is 5.97 Å². The number of hydrogen-bond donors (Lipinski definition) is 1. The lowest BCUT2D eigenvalue weighted by molar-refractivity contribution is -0.255. The molecule has 0 bridgehead atoms. The number of aromatic carboxylic acids is 1. The number of benzene rings is 2. The lowest BCUT2D eigenvalue weighted by Crippen LogP contribution is -2.42. The minimum Gasteiger partial charge on any atom is -0.545 e. The second-order valence-electron chi connectivity index (χ2n) is 7.22. The second kappa shape index (κ2) is 12.2. The van der Waals surface area contributed by atoms with E-state index in [0.717, 1.165) is 5.56 Å². The van der Waals surface area contributed by atoms with Gasteiger partial charge in [0.15, 0.2) is 11.5 Å². The van der Waals surface area contributed by atoms with E-state index in [1.54, 1.807) is 24.3 Å². The molecule has 176 valence electrons. The molecule has 33 heavy (non-hydrogen) atoms. The molecule has 0 aliphatic carbocycles. The van der Waals surface area contributed by atoms with Gasteiger partial charge in [0, 0.05) is 13.1 Å². The number of rotatable bonds is 10. The zero-order chi connectivity index (χ0) is 23.6. The minimum atomic E-state index is -1.24. The van der Waals surface area contributed by atoms with Crippen molar-refractivity contribution in [3.8, 4) is 11.5 Å². The molecule has 0 spiro atoms. The zero-order valence-electron chi connectivity index (χ0n) is 18.2. The summed E-state index contributed by atoms with van der Waals surface area (Å²) in [6.07, 6.45) is 1.48. The van der Waals surface area contributed by atoms with Gasteiger partial charge in [-0.2, -0.15) is 5.10 Å².